The number of nitrogens with one attached hydrogen (secondary N) is 1. The SMILES string of the molecule is CC1(F)CC(N[C@@H]2CC=C(C(C)(C)C)CC2)C1. The molecule has 0 bridgehead atoms. The molecular formula is C15H26FN. The molecule has 1 fully saturated rings. The van der Waals surface area contributed by atoms with Gasteiger partial charge in [-0.05, 0) is 44.4 Å². The molecule has 1 N–H and O–H groups in total. The van der Waals surface area contributed by atoms with Crippen molar-refractivity contribution in [3.05, 3.63) is 11.6 Å². The van der Waals surface area contributed by atoms with Gasteiger partial charge in [-0.15, -0.1) is 0 Å². The van der Waals surface area contributed by atoms with Crippen LogP contribution in [0.4, 0.5) is 4.39 Å². The second-order valence-electron chi connectivity index (χ2n) is 7.14. The van der Waals surface area contributed by atoms with Gasteiger partial charge in [-0.25, -0.2) is 4.39 Å². The summed E-state index contributed by atoms with van der Waals surface area (Å²) in [6, 6.07) is 0.988. The summed E-state index contributed by atoms with van der Waals surface area (Å²) >= 11 is 0. The van der Waals surface area contributed by atoms with Crippen molar-refractivity contribution in [3.63, 3.8) is 0 Å². The summed E-state index contributed by atoms with van der Waals surface area (Å²) in [5.74, 6) is 0. The third kappa shape index (κ3) is 3.31. The third-order valence-electron chi connectivity index (χ3n) is 4.19. The van der Waals surface area contributed by atoms with Crippen LogP contribution in [-0.4, -0.2) is 17.8 Å². The van der Waals surface area contributed by atoms with E-state index in [-0.39, 0.29) is 0 Å². The van der Waals surface area contributed by atoms with E-state index >= 15 is 0 Å². The molecule has 0 saturated heterocycles. The van der Waals surface area contributed by atoms with Gasteiger partial charge in [0.25, 0.3) is 0 Å². The van der Waals surface area contributed by atoms with Crippen LogP contribution >= 0.6 is 0 Å². The quantitative estimate of drug-likeness (QED) is 0.718. The summed E-state index contributed by atoms with van der Waals surface area (Å²) in [5, 5.41) is 3.60. The lowest BCUT2D eigenvalue weighted by molar-refractivity contribution is 0.0421. The number of hydrogen-bond donors (Lipinski definition) is 1. The molecule has 0 aromatic carbocycles. The van der Waals surface area contributed by atoms with Crippen LogP contribution in [-0.2, 0) is 0 Å². The highest BCUT2D eigenvalue weighted by Gasteiger charge is 2.41. The van der Waals surface area contributed by atoms with Crippen molar-refractivity contribution in [1.82, 2.24) is 5.32 Å². The largest absolute Gasteiger partial charge is 0.311 e. The predicted molar refractivity (Wildman–Crippen MR) is 70.8 cm³/mol. The molecule has 17 heavy (non-hydrogen) atoms. The van der Waals surface area contributed by atoms with Crippen LogP contribution in [0.3, 0.4) is 0 Å². The number of allylic oxidation sites excluding steroid dienone is 1. The number of rotatable bonds is 2. The standard InChI is InChI=1S/C15H26FN/c1-14(2,3)11-5-7-12(8-6-11)17-13-9-15(4,16)10-13/h5,12-13,17H,6-10H2,1-4H3/t12-,13?,15?/m1/s1. The second-order valence-corrected chi connectivity index (χ2v) is 7.14. The summed E-state index contributed by atoms with van der Waals surface area (Å²) in [4.78, 5) is 0. The van der Waals surface area contributed by atoms with E-state index in [1.807, 2.05) is 0 Å². The van der Waals surface area contributed by atoms with E-state index in [1.54, 1.807) is 12.5 Å². The van der Waals surface area contributed by atoms with E-state index in [9.17, 15) is 4.39 Å². The van der Waals surface area contributed by atoms with Crippen LogP contribution in [0.2, 0.25) is 0 Å². The van der Waals surface area contributed by atoms with Crippen LogP contribution in [0, 0.1) is 5.41 Å². The topological polar surface area (TPSA) is 12.0 Å². The van der Waals surface area contributed by atoms with E-state index in [2.05, 4.69) is 32.2 Å². The molecule has 1 saturated carbocycles. The zero-order chi connectivity index (χ0) is 12.7. The highest BCUT2D eigenvalue weighted by Crippen LogP contribution is 2.37. The Bertz CT molecular complexity index is 303. The van der Waals surface area contributed by atoms with Crippen LogP contribution in [0.25, 0.3) is 0 Å². The monoisotopic (exact) mass is 239 g/mol. The maximum absolute atomic E-state index is 13.4. The Hall–Kier alpha value is -0.370. The number of hydrogen-bond acceptors (Lipinski definition) is 1. The van der Waals surface area contributed by atoms with Crippen LogP contribution in [0.15, 0.2) is 11.6 Å². The lowest BCUT2D eigenvalue weighted by atomic mass is 9.76. The van der Waals surface area contributed by atoms with Crippen molar-refractivity contribution < 1.29 is 4.39 Å². The van der Waals surface area contributed by atoms with E-state index in [4.69, 9.17) is 0 Å². The zero-order valence-electron chi connectivity index (χ0n) is 11.6. The van der Waals surface area contributed by atoms with Crippen LogP contribution < -0.4 is 5.32 Å². The summed E-state index contributed by atoms with van der Waals surface area (Å²) in [5.41, 5.74) is 0.997. The second kappa shape index (κ2) is 4.38. The minimum Gasteiger partial charge on any atom is -0.311 e. The Kier molecular flexibility index (Phi) is 3.37. The minimum absolute atomic E-state index is 0.318. The highest BCUT2D eigenvalue weighted by atomic mass is 19.1. The smallest absolute Gasteiger partial charge is 0.111 e. The minimum atomic E-state index is -0.904. The summed E-state index contributed by atoms with van der Waals surface area (Å²) < 4.78 is 13.4. The first-order valence-corrected chi connectivity index (χ1v) is 6.91. The van der Waals surface area contributed by atoms with Crippen molar-refractivity contribution in [3.8, 4) is 0 Å². The average molecular weight is 239 g/mol. The third-order valence-corrected chi connectivity index (χ3v) is 4.19. The van der Waals surface area contributed by atoms with Gasteiger partial charge in [0.05, 0.1) is 0 Å². The van der Waals surface area contributed by atoms with Gasteiger partial charge in [0.1, 0.15) is 5.67 Å². The van der Waals surface area contributed by atoms with Crippen LogP contribution in [0.5, 0.6) is 0 Å². The van der Waals surface area contributed by atoms with E-state index in [0.717, 1.165) is 6.42 Å². The average Bonchev–Trinajstić information content (AvgIpc) is 2.14. The maximum Gasteiger partial charge on any atom is 0.111 e. The summed E-state index contributed by atoms with van der Waals surface area (Å²) in [6.45, 7) is 8.57. The highest BCUT2D eigenvalue weighted by molar-refractivity contribution is 5.15. The first-order chi connectivity index (χ1) is 7.76. The van der Waals surface area contributed by atoms with Gasteiger partial charge in [0.15, 0.2) is 0 Å². The molecule has 0 radical (unpaired) electrons. The molecule has 0 aromatic heterocycles. The Labute approximate surface area is 105 Å². The molecule has 2 aliphatic carbocycles. The Morgan fingerprint density at radius 1 is 1.29 bits per heavy atom. The predicted octanol–water partition coefficient (Wildman–Crippen LogP) is 3.99. The van der Waals surface area contributed by atoms with Crippen LogP contribution in [0.1, 0.15) is 59.8 Å². The molecule has 0 spiro atoms. The Balaban J connectivity index is 1.78. The Morgan fingerprint density at radius 2 is 1.94 bits per heavy atom. The fourth-order valence-electron chi connectivity index (χ4n) is 3.09. The van der Waals surface area contributed by atoms with Gasteiger partial charge >= 0.3 is 0 Å². The first kappa shape index (κ1) is 13.1. The molecule has 1 atom stereocenters. The van der Waals surface area contributed by atoms with Gasteiger partial charge in [0.2, 0.25) is 0 Å². The molecular weight excluding hydrogens is 213 g/mol. The molecule has 0 heterocycles. The Morgan fingerprint density at radius 3 is 2.35 bits per heavy atom. The fourth-order valence-corrected chi connectivity index (χ4v) is 3.09. The van der Waals surface area contributed by atoms with E-state index < -0.39 is 5.67 Å². The van der Waals surface area contributed by atoms with Crippen molar-refractivity contribution in [2.75, 3.05) is 0 Å². The number of halogens is 1. The van der Waals surface area contributed by atoms with Gasteiger partial charge in [-0.2, -0.15) is 0 Å². The molecule has 1 nitrogen and oxygen atoms in total. The molecule has 2 heteroatoms. The zero-order valence-corrected chi connectivity index (χ0v) is 11.6. The summed E-state index contributed by atoms with van der Waals surface area (Å²) in [7, 11) is 0. The van der Waals surface area contributed by atoms with Gasteiger partial charge in [-0.3, -0.25) is 0 Å². The van der Waals surface area contributed by atoms with Crippen molar-refractivity contribution in [2.45, 2.75) is 77.6 Å². The van der Waals surface area contributed by atoms with E-state index in [0.29, 0.717) is 30.3 Å². The van der Waals surface area contributed by atoms with Gasteiger partial charge < -0.3 is 5.32 Å². The summed E-state index contributed by atoms with van der Waals surface area (Å²) in [6.07, 6.45) is 7.31. The molecule has 2 rings (SSSR count). The lowest BCUT2D eigenvalue weighted by Gasteiger charge is -2.42. The first-order valence-electron chi connectivity index (χ1n) is 6.91. The van der Waals surface area contributed by atoms with Crippen molar-refractivity contribution in [2.24, 2.45) is 5.41 Å². The van der Waals surface area contributed by atoms with Crippen molar-refractivity contribution in [1.29, 1.82) is 0 Å². The molecule has 2 aliphatic rings. The molecule has 98 valence electrons. The van der Waals surface area contributed by atoms with Crippen molar-refractivity contribution >= 4 is 0 Å². The molecule has 0 aromatic rings. The normalized spacial score (nSPS) is 38.5. The van der Waals surface area contributed by atoms with E-state index in [1.165, 1.54) is 12.8 Å². The lowest BCUT2D eigenvalue weighted by Crippen LogP contribution is -2.52. The maximum atomic E-state index is 13.4. The number of alkyl halides is 1. The fraction of sp³-hybridized carbons (Fsp3) is 0.867. The molecule has 0 unspecified atom stereocenters. The molecule has 0 aliphatic heterocycles. The van der Waals surface area contributed by atoms with Gasteiger partial charge in [-0.1, -0.05) is 32.4 Å². The molecule has 0 amide bonds. The van der Waals surface area contributed by atoms with Gasteiger partial charge in [0, 0.05) is 12.1 Å².